The van der Waals surface area contributed by atoms with Crippen molar-refractivity contribution in [2.45, 2.75) is 38.4 Å². The molecule has 0 amide bonds. The van der Waals surface area contributed by atoms with E-state index in [1.54, 1.807) is 0 Å². The summed E-state index contributed by atoms with van der Waals surface area (Å²) in [5.41, 5.74) is 4.81. The smallest absolute Gasteiger partial charge is 0.366 e. The molecule has 2 aromatic carbocycles. The lowest BCUT2D eigenvalue weighted by molar-refractivity contribution is -0.145. The van der Waals surface area contributed by atoms with Gasteiger partial charge in [0.05, 0.1) is 0 Å². The lowest BCUT2D eigenvalue weighted by atomic mass is 9.95. The van der Waals surface area contributed by atoms with Gasteiger partial charge in [-0.25, -0.2) is 9.97 Å². The molecule has 1 aliphatic rings. The molecule has 0 saturated heterocycles. The molecule has 2 heterocycles. The van der Waals surface area contributed by atoms with Gasteiger partial charge in [0.1, 0.15) is 5.82 Å². The second-order valence-corrected chi connectivity index (χ2v) is 7.86. The van der Waals surface area contributed by atoms with E-state index in [1.807, 2.05) is 48.5 Å². The van der Waals surface area contributed by atoms with E-state index in [0.29, 0.717) is 30.9 Å². The summed E-state index contributed by atoms with van der Waals surface area (Å²) in [6, 6.07) is 15.6. The number of nitrogens with one attached hydrogen (secondary N) is 2. The zero-order valence-corrected chi connectivity index (χ0v) is 17.5. The second kappa shape index (κ2) is 8.61. The molecule has 4 aromatic rings. The summed E-state index contributed by atoms with van der Waals surface area (Å²) in [5.74, 6) is -0.410. The van der Waals surface area contributed by atoms with Crippen LogP contribution in [0, 0.1) is 0 Å². The van der Waals surface area contributed by atoms with Crippen molar-refractivity contribution in [3.05, 3.63) is 71.2 Å². The van der Waals surface area contributed by atoms with E-state index in [1.165, 1.54) is 0 Å². The average molecular weight is 451 g/mol. The quantitative estimate of drug-likeness (QED) is 0.451. The lowest BCUT2D eigenvalue weighted by Gasteiger charge is -2.20. The average Bonchev–Trinajstić information content (AvgIpc) is 3.37. The third kappa shape index (κ3) is 4.41. The molecule has 2 aromatic heterocycles. The van der Waals surface area contributed by atoms with E-state index in [4.69, 9.17) is 0 Å². The maximum absolute atomic E-state index is 13.3. The Morgan fingerprint density at radius 2 is 1.76 bits per heavy atom. The molecule has 0 atom stereocenters. The maximum Gasteiger partial charge on any atom is 0.451 e. The number of alkyl halides is 3. The number of anilines is 1. The number of aryl methyl sites for hydroxylation is 1. The number of fused-ring (bicyclic) bond motifs is 1. The number of aromatic nitrogens is 6. The number of halogens is 3. The minimum atomic E-state index is -4.59. The van der Waals surface area contributed by atoms with E-state index in [9.17, 15) is 13.2 Å². The molecule has 0 fully saturated rings. The van der Waals surface area contributed by atoms with Crippen LogP contribution in [-0.2, 0) is 25.6 Å². The van der Waals surface area contributed by atoms with Crippen LogP contribution in [0.3, 0.4) is 0 Å². The van der Waals surface area contributed by atoms with E-state index >= 15 is 0 Å². The third-order valence-electron chi connectivity index (χ3n) is 5.65. The molecule has 7 nitrogen and oxygen atoms in total. The van der Waals surface area contributed by atoms with Crippen molar-refractivity contribution >= 4 is 5.82 Å². The topological polar surface area (TPSA) is 92.3 Å². The first-order chi connectivity index (χ1) is 16.0. The standard InChI is InChI=1S/C23H20F3N7/c24-23(25,26)22-28-19-9-5-4-8-17(19)20(29-22)27-13-14-10-11-16(15-6-2-1-3-7-15)18(12-14)21-30-32-33-31-21/h1-3,6-7,10-12H,4-5,8-9,13H2,(H,27,28,29)(H,30,31,32,33). The molecule has 1 aliphatic carbocycles. The first-order valence-corrected chi connectivity index (χ1v) is 10.6. The van der Waals surface area contributed by atoms with Crippen LogP contribution in [0.5, 0.6) is 0 Å². The summed E-state index contributed by atoms with van der Waals surface area (Å²) < 4.78 is 40.0. The molecule has 0 bridgehead atoms. The Hall–Kier alpha value is -3.82. The molecular weight excluding hydrogens is 431 g/mol. The summed E-state index contributed by atoms with van der Waals surface area (Å²) in [6.45, 7) is 0.292. The maximum atomic E-state index is 13.3. The largest absolute Gasteiger partial charge is 0.451 e. The fourth-order valence-corrected chi connectivity index (χ4v) is 4.08. The number of aromatic amines is 1. The van der Waals surface area contributed by atoms with Gasteiger partial charge in [0, 0.05) is 23.4 Å². The Bertz CT molecular complexity index is 1260. The number of rotatable bonds is 5. The number of benzene rings is 2. The molecule has 168 valence electrons. The minimum absolute atomic E-state index is 0.250. The molecule has 5 rings (SSSR count). The molecule has 0 unspecified atom stereocenters. The van der Waals surface area contributed by atoms with Crippen LogP contribution in [0.15, 0.2) is 48.5 Å². The molecule has 10 heteroatoms. The van der Waals surface area contributed by atoms with Crippen molar-refractivity contribution in [2.24, 2.45) is 0 Å². The third-order valence-corrected chi connectivity index (χ3v) is 5.65. The van der Waals surface area contributed by atoms with Crippen molar-refractivity contribution in [3.8, 4) is 22.5 Å². The van der Waals surface area contributed by atoms with Gasteiger partial charge in [-0.05, 0) is 53.7 Å². The monoisotopic (exact) mass is 451 g/mol. The number of nitrogens with zero attached hydrogens (tertiary/aromatic N) is 5. The summed E-state index contributed by atoms with van der Waals surface area (Å²) >= 11 is 0. The fraction of sp³-hybridized carbons (Fsp3) is 0.261. The van der Waals surface area contributed by atoms with Crippen LogP contribution in [0.4, 0.5) is 19.0 Å². The highest BCUT2D eigenvalue weighted by Gasteiger charge is 2.36. The van der Waals surface area contributed by atoms with Gasteiger partial charge < -0.3 is 5.32 Å². The minimum Gasteiger partial charge on any atom is -0.366 e. The Balaban J connectivity index is 1.48. The van der Waals surface area contributed by atoms with Crippen molar-refractivity contribution in [2.75, 3.05) is 5.32 Å². The molecular formula is C23H20F3N7. The normalized spacial score (nSPS) is 13.5. The zero-order valence-electron chi connectivity index (χ0n) is 17.5. The molecule has 33 heavy (non-hydrogen) atoms. The highest BCUT2D eigenvalue weighted by Crippen LogP contribution is 2.33. The van der Waals surface area contributed by atoms with E-state index in [0.717, 1.165) is 40.7 Å². The summed E-state index contributed by atoms with van der Waals surface area (Å²) in [6.07, 6.45) is -1.66. The van der Waals surface area contributed by atoms with Crippen molar-refractivity contribution in [1.29, 1.82) is 0 Å². The zero-order chi connectivity index (χ0) is 22.8. The van der Waals surface area contributed by atoms with Crippen molar-refractivity contribution < 1.29 is 13.2 Å². The summed E-state index contributed by atoms with van der Waals surface area (Å²) in [4.78, 5) is 7.61. The fourth-order valence-electron chi connectivity index (χ4n) is 4.08. The van der Waals surface area contributed by atoms with Gasteiger partial charge >= 0.3 is 6.18 Å². The van der Waals surface area contributed by atoms with E-state index in [-0.39, 0.29) is 5.82 Å². The Kier molecular flexibility index (Phi) is 5.49. The first-order valence-electron chi connectivity index (χ1n) is 10.6. The lowest BCUT2D eigenvalue weighted by Crippen LogP contribution is -2.19. The Morgan fingerprint density at radius 1 is 0.939 bits per heavy atom. The van der Waals surface area contributed by atoms with Crippen LogP contribution in [0.25, 0.3) is 22.5 Å². The van der Waals surface area contributed by atoms with Crippen molar-refractivity contribution in [1.82, 2.24) is 30.6 Å². The van der Waals surface area contributed by atoms with Crippen LogP contribution in [0.1, 0.15) is 35.5 Å². The summed E-state index contributed by atoms with van der Waals surface area (Å²) in [5, 5.41) is 17.5. The van der Waals surface area contributed by atoms with Crippen molar-refractivity contribution in [3.63, 3.8) is 0 Å². The summed E-state index contributed by atoms with van der Waals surface area (Å²) in [7, 11) is 0. The van der Waals surface area contributed by atoms with Gasteiger partial charge in [-0.3, -0.25) is 0 Å². The van der Waals surface area contributed by atoms with Crippen LogP contribution < -0.4 is 5.32 Å². The number of H-pyrrole nitrogens is 1. The van der Waals surface area contributed by atoms with E-state index < -0.39 is 12.0 Å². The number of hydrogen-bond donors (Lipinski definition) is 2. The SMILES string of the molecule is FC(F)(F)c1nc2c(c(NCc3ccc(-c4ccccc4)c(-c4nn[nH]n4)c3)n1)CCCC2. The second-order valence-electron chi connectivity index (χ2n) is 7.86. The molecule has 0 saturated carbocycles. The Morgan fingerprint density at radius 3 is 2.52 bits per heavy atom. The van der Waals surface area contributed by atoms with E-state index in [2.05, 4.69) is 35.9 Å². The van der Waals surface area contributed by atoms with Crippen LogP contribution >= 0.6 is 0 Å². The van der Waals surface area contributed by atoms with Gasteiger partial charge in [-0.2, -0.15) is 18.4 Å². The molecule has 2 N–H and O–H groups in total. The molecule has 0 aliphatic heterocycles. The van der Waals surface area contributed by atoms with Gasteiger partial charge in [-0.1, -0.05) is 42.5 Å². The van der Waals surface area contributed by atoms with Crippen LogP contribution in [0.2, 0.25) is 0 Å². The van der Waals surface area contributed by atoms with Gasteiger partial charge in [0.2, 0.25) is 11.6 Å². The molecule has 0 radical (unpaired) electrons. The van der Waals surface area contributed by atoms with Gasteiger partial charge in [-0.15, -0.1) is 10.2 Å². The Labute approximate surface area is 187 Å². The highest BCUT2D eigenvalue weighted by molar-refractivity contribution is 5.80. The van der Waals surface area contributed by atoms with Gasteiger partial charge in [0.25, 0.3) is 0 Å². The number of hydrogen-bond acceptors (Lipinski definition) is 6. The predicted molar refractivity (Wildman–Crippen MR) is 116 cm³/mol. The first kappa shape index (κ1) is 21.0. The van der Waals surface area contributed by atoms with Gasteiger partial charge in [0.15, 0.2) is 0 Å². The van der Waals surface area contributed by atoms with Crippen LogP contribution in [-0.4, -0.2) is 30.6 Å². The number of tetrazole rings is 1. The highest BCUT2D eigenvalue weighted by atomic mass is 19.4. The predicted octanol–water partition coefficient (Wildman–Crippen LogP) is 4.83. The molecule has 0 spiro atoms.